The normalized spacial score (nSPS) is 16.0. The first kappa shape index (κ1) is 27.2. The average molecular weight is 453 g/mol. The van der Waals surface area contributed by atoms with E-state index >= 15 is 0 Å². The number of rotatable bonds is 9. The molecule has 1 atom stereocenters. The van der Waals surface area contributed by atoms with Gasteiger partial charge in [0.2, 0.25) is 5.91 Å². The Morgan fingerprint density at radius 1 is 1.19 bits per heavy atom. The minimum absolute atomic E-state index is 0.0581. The van der Waals surface area contributed by atoms with E-state index in [0.29, 0.717) is 24.0 Å². The summed E-state index contributed by atoms with van der Waals surface area (Å²) in [6.45, 7) is 10.1. The molecule has 1 aromatic carbocycles. The van der Waals surface area contributed by atoms with Crippen molar-refractivity contribution >= 4 is 23.5 Å². The number of carboxylic acids is 2. The van der Waals surface area contributed by atoms with Gasteiger partial charge in [0, 0.05) is 18.3 Å². The standard InChI is InChI=1S/C21H34N2O3.C2H2O4/c1-5-6-11-23-12-7-8-17(14-23)21(24)22-18-9-10-19(25-4)20(13-18)26-15-16(2)3;3-1(4)2(5)6/h9-10,13,16-17H,5-8,11-12,14-15H2,1-4H3,(H,22,24);(H,3,4)(H,5,6). The number of carboxylic acid groups (broad SMARTS) is 2. The number of carbonyl (C=O) groups excluding carboxylic acids is 1. The van der Waals surface area contributed by atoms with Gasteiger partial charge in [0.25, 0.3) is 0 Å². The van der Waals surface area contributed by atoms with Gasteiger partial charge in [-0.2, -0.15) is 0 Å². The lowest BCUT2D eigenvalue weighted by Gasteiger charge is -2.31. The molecule has 0 saturated carbocycles. The van der Waals surface area contributed by atoms with Gasteiger partial charge >= 0.3 is 11.9 Å². The lowest BCUT2D eigenvalue weighted by atomic mass is 9.96. The van der Waals surface area contributed by atoms with E-state index in [1.54, 1.807) is 7.11 Å². The van der Waals surface area contributed by atoms with Crippen LogP contribution in [0.4, 0.5) is 5.69 Å². The Bertz CT molecular complexity index is 740. The van der Waals surface area contributed by atoms with Crippen LogP contribution in [0, 0.1) is 11.8 Å². The molecule has 1 aliphatic rings. The number of unbranched alkanes of at least 4 members (excludes halogenated alkanes) is 1. The molecule has 3 N–H and O–H groups in total. The minimum atomic E-state index is -1.82. The molecule has 180 valence electrons. The Labute approximate surface area is 189 Å². The molecule has 1 unspecified atom stereocenters. The van der Waals surface area contributed by atoms with Gasteiger partial charge < -0.3 is 29.9 Å². The number of ether oxygens (including phenoxy) is 2. The van der Waals surface area contributed by atoms with Crippen molar-refractivity contribution in [3.8, 4) is 11.5 Å². The fraction of sp³-hybridized carbons (Fsp3) is 0.609. The number of anilines is 1. The molecule has 1 heterocycles. The summed E-state index contributed by atoms with van der Waals surface area (Å²) in [7, 11) is 1.63. The summed E-state index contributed by atoms with van der Waals surface area (Å²) in [6.07, 6.45) is 4.44. The van der Waals surface area contributed by atoms with Crippen LogP contribution in [0.5, 0.6) is 11.5 Å². The predicted molar refractivity (Wildman–Crippen MR) is 121 cm³/mol. The van der Waals surface area contributed by atoms with Crippen molar-refractivity contribution < 1.29 is 34.1 Å². The number of carbonyl (C=O) groups is 3. The number of hydrogen-bond acceptors (Lipinski definition) is 6. The molecule has 1 saturated heterocycles. The number of amides is 1. The van der Waals surface area contributed by atoms with Crippen LogP contribution < -0.4 is 14.8 Å². The van der Waals surface area contributed by atoms with E-state index in [9.17, 15) is 4.79 Å². The van der Waals surface area contributed by atoms with E-state index in [4.69, 9.17) is 29.3 Å². The van der Waals surface area contributed by atoms with Gasteiger partial charge in [-0.05, 0) is 50.4 Å². The number of benzene rings is 1. The molecule has 0 aromatic heterocycles. The van der Waals surface area contributed by atoms with Gasteiger partial charge in [-0.25, -0.2) is 9.59 Å². The highest BCUT2D eigenvalue weighted by atomic mass is 16.5. The lowest BCUT2D eigenvalue weighted by Crippen LogP contribution is -2.41. The summed E-state index contributed by atoms with van der Waals surface area (Å²) in [4.78, 5) is 33.3. The highest BCUT2D eigenvalue weighted by Gasteiger charge is 2.25. The lowest BCUT2D eigenvalue weighted by molar-refractivity contribution is -0.159. The fourth-order valence-corrected chi connectivity index (χ4v) is 3.22. The zero-order chi connectivity index (χ0) is 24.1. The third-order valence-corrected chi connectivity index (χ3v) is 4.89. The first-order valence-corrected chi connectivity index (χ1v) is 11.0. The van der Waals surface area contributed by atoms with E-state index in [0.717, 1.165) is 38.2 Å². The summed E-state index contributed by atoms with van der Waals surface area (Å²) in [6, 6.07) is 5.58. The number of piperidine rings is 1. The molecular weight excluding hydrogens is 416 g/mol. The predicted octanol–water partition coefficient (Wildman–Crippen LogP) is 3.34. The molecule has 9 heteroatoms. The largest absolute Gasteiger partial charge is 0.493 e. The maximum atomic E-state index is 12.7. The number of nitrogens with zero attached hydrogens (tertiary/aromatic N) is 1. The van der Waals surface area contributed by atoms with Crippen molar-refractivity contribution in [1.29, 1.82) is 0 Å². The van der Waals surface area contributed by atoms with Crippen molar-refractivity contribution in [2.75, 3.05) is 38.7 Å². The Morgan fingerprint density at radius 3 is 2.44 bits per heavy atom. The molecule has 0 aliphatic carbocycles. The molecule has 1 amide bonds. The van der Waals surface area contributed by atoms with E-state index in [1.807, 2.05) is 18.2 Å². The SMILES string of the molecule is CCCCN1CCCC(C(=O)Nc2ccc(OC)c(OCC(C)C)c2)C1.O=C(O)C(=O)O. The molecule has 2 rings (SSSR count). The zero-order valence-corrected chi connectivity index (χ0v) is 19.4. The Kier molecular flexibility index (Phi) is 12.2. The monoisotopic (exact) mass is 452 g/mol. The topological polar surface area (TPSA) is 125 Å². The summed E-state index contributed by atoms with van der Waals surface area (Å²) in [5.41, 5.74) is 0.764. The average Bonchev–Trinajstić information content (AvgIpc) is 2.76. The van der Waals surface area contributed by atoms with E-state index in [2.05, 4.69) is 31.0 Å². The highest BCUT2D eigenvalue weighted by molar-refractivity contribution is 6.27. The van der Waals surface area contributed by atoms with Crippen LogP contribution in [-0.2, 0) is 14.4 Å². The van der Waals surface area contributed by atoms with Crippen LogP contribution in [0.3, 0.4) is 0 Å². The quantitative estimate of drug-likeness (QED) is 0.487. The Hall–Kier alpha value is -2.81. The van der Waals surface area contributed by atoms with Gasteiger partial charge in [-0.3, -0.25) is 4.79 Å². The van der Waals surface area contributed by atoms with Gasteiger partial charge in [0.05, 0.1) is 19.6 Å². The van der Waals surface area contributed by atoms with Crippen molar-refractivity contribution in [1.82, 2.24) is 4.90 Å². The molecule has 32 heavy (non-hydrogen) atoms. The van der Waals surface area contributed by atoms with Crippen LogP contribution in [0.2, 0.25) is 0 Å². The molecule has 1 aromatic rings. The summed E-state index contributed by atoms with van der Waals surface area (Å²) >= 11 is 0. The number of likely N-dealkylation sites (tertiary alicyclic amines) is 1. The van der Waals surface area contributed by atoms with Gasteiger partial charge in [-0.1, -0.05) is 27.2 Å². The third-order valence-electron chi connectivity index (χ3n) is 4.89. The first-order chi connectivity index (χ1) is 15.2. The summed E-state index contributed by atoms with van der Waals surface area (Å²) in [5, 5.41) is 17.8. The zero-order valence-electron chi connectivity index (χ0n) is 19.4. The number of aliphatic carboxylic acids is 2. The number of methoxy groups -OCH3 is 1. The fourth-order valence-electron chi connectivity index (χ4n) is 3.22. The second-order valence-electron chi connectivity index (χ2n) is 8.16. The van der Waals surface area contributed by atoms with Crippen molar-refractivity contribution in [3.05, 3.63) is 18.2 Å². The van der Waals surface area contributed by atoms with Crippen molar-refractivity contribution in [2.45, 2.75) is 46.5 Å². The van der Waals surface area contributed by atoms with Crippen molar-refractivity contribution in [3.63, 3.8) is 0 Å². The van der Waals surface area contributed by atoms with Gasteiger partial charge in [0.1, 0.15) is 0 Å². The van der Waals surface area contributed by atoms with Crippen LogP contribution >= 0.6 is 0 Å². The first-order valence-electron chi connectivity index (χ1n) is 11.0. The third kappa shape index (κ3) is 10.00. The van der Waals surface area contributed by atoms with Crippen LogP contribution in [-0.4, -0.2) is 66.3 Å². The van der Waals surface area contributed by atoms with Gasteiger partial charge in [0.15, 0.2) is 11.5 Å². The molecule has 0 spiro atoms. The molecule has 0 radical (unpaired) electrons. The van der Waals surface area contributed by atoms with Crippen molar-refractivity contribution in [2.24, 2.45) is 11.8 Å². The molecular formula is C23H36N2O7. The smallest absolute Gasteiger partial charge is 0.414 e. The Morgan fingerprint density at radius 2 is 1.88 bits per heavy atom. The second kappa shape index (κ2) is 14.3. The molecule has 9 nitrogen and oxygen atoms in total. The van der Waals surface area contributed by atoms with Crippen LogP contribution in [0.15, 0.2) is 18.2 Å². The van der Waals surface area contributed by atoms with E-state index in [-0.39, 0.29) is 11.8 Å². The molecule has 1 aliphatic heterocycles. The van der Waals surface area contributed by atoms with E-state index in [1.165, 1.54) is 12.8 Å². The second-order valence-corrected chi connectivity index (χ2v) is 8.16. The summed E-state index contributed by atoms with van der Waals surface area (Å²) < 4.78 is 11.2. The maximum absolute atomic E-state index is 12.7. The summed E-state index contributed by atoms with van der Waals surface area (Å²) in [5.74, 6) is -1.70. The number of hydrogen-bond donors (Lipinski definition) is 3. The number of nitrogens with one attached hydrogen (secondary N) is 1. The van der Waals surface area contributed by atoms with Crippen LogP contribution in [0.25, 0.3) is 0 Å². The minimum Gasteiger partial charge on any atom is -0.493 e. The Balaban J connectivity index is 0.000000751. The van der Waals surface area contributed by atoms with E-state index < -0.39 is 11.9 Å². The maximum Gasteiger partial charge on any atom is 0.414 e. The van der Waals surface area contributed by atoms with Gasteiger partial charge in [-0.15, -0.1) is 0 Å². The van der Waals surface area contributed by atoms with Crippen LogP contribution in [0.1, 0.15) is 46.5 Å². The molecule has 1 fully saturated rings. The highest BCUT2D eigenvalue weighted by Crippen LogP contribution is 2.31. The molecule has 0 bridgehead atoms.